The maximum Gasteiger partial charge on any atom is 0.335 e. The molecule has 0 bridgehead atoms. The third-order valence-electron chi connectivity index (χ3n) is 1.14. The molecule has 0 spiro atoms. The van der Waals surface area contributed by atoms with E-state index in [0.29, 0.717) is 0 Å². The summed E-state index contributed by atoms with van der Waals surface area (Å²) in [5, 5.41) is 8.94. The van der Waals surface area contributed by atoms with Gasteiger partial charge in [0.2, 0.25) is 0 Å². The summed E-state index contributed by atoms with van der Waals surface area (Å²) in [7, 11) is 1.14. The lowest BCUT2D eigenvalue weighted by Gasteiger charge is -2.06. The molecule has 12 heavy (non-hydrogen) atoms. The molecule has 0 aliphatic heterocycles. The molecular weight excluding hydrogens is 164 g/mol. The fourth-order valence-electron chi connectivity index (χ4n) is 0.597. The van der Waals surface area contributed by atoms with Crippen LogP contribution in [-0.4, -0.2) is 36.9 Å². The standard InChI is InChI=1S/C7H12O5/c1-3-12-6(9)4-5(8)7(10)11-2/h5,8H,3-4H2,1-2H3. The van der Waals surface area contributed by atoms with E-state index in [-0.39, 0.29) is 13.0 Å². The molecule has 0 rings (SSSR count). The lowest BCUT2D eigenvalue weighted by atomic mass is 10.2. The van der Waals surface area contributed by atoms with Crippen LogP contribution in [0.1, 0.15) is 13.3 Å². The average Bonchev–Trinajstić information content (AvgIpc) is 2.03. The number of aliphatic hydroxyl groups is 1. The van der Waals surface area contributed by atoms with E-state index in [1.807, 2.05) is 0 Å². The van der Waals surface area contributed by atoms with Gasteiger partial charge < -0.3 is 14.6 Å². The Labute approximate surface area is 70.3 Å². The molecule has 0 aromatic heterocycles. The number of hydrogen-bond acceptors (Lipinski definition) is 5. The summed E-state index contributed by atoms with van der Waals surface area (Å²) in [5.74, 6) is -1.45. The summed E-state index contributed by atoms with van der Waals surface area (Å²) < 4.78 is 8.69. The zero-order chi connectivity index (χ0) is 9.56. The van der Waals surface area contributed by atoms with Gasteiger partial charge >= 0.3 is 11.9 Å². The summed E-state index contributed by atoms with van der Waals surface area (Å²) in [4.78, 5) is 21.3. The van der Waals surface area contributed by atoms with Gasteiger partial charge in [-0.15, -0.1) is 0 Å². The van der Waals surface area contributed by atoms with E-state index < -0.39 is 18.0 Å². The zero-order valence-corrected chi connectivity index (χ0v) is 7.07. The lowest BCUT2D eigenvalue weighted by Crippen LogP contribution is -2.25. The summed E-state index contributed by atoms with van der Waals surface area (Å²) in [6, 6.07) is 0. The molecule has 0 saturated carbocycles. The number of carbonyl (C=O) groups is 2. The maximum atomic E-state index is 10.7. The predicted molar refractivity (Wildman–Crippen MR) is 39.3 cm³/mol. The normalized spacial score (nSPS) is 11.9. The van der Waals surface area contributed by atoms with Gasteiger partial charge in [-0.3, -0.25) is 4.79 Å². The molecule has 0 heterocycles. The first-order chi connectivity index (χ1) is 5.61. The van der Waals surface area contributed by atoms with Crippen LogP contribution in [0, 0.1) is 0 Å². The average molecular weight is 176 g/mol. The number of ether oxygens (including phenoxy) is 2. The third kappa shape index (κ3) is 3.92. The van der Waals surface area contributed by atoms with Crippen molar-refractivity contribution in [3.05, 3.63) is 0 Å². The topological polar surface area (TPSA) is 72.8 Å². The minimum atomic E-state index is -1.42. The molecule has 0 aromatic rings. The Morgan fingerprint density at radius 3 is 2.50 bits per heavy atom. The quantitative estimate of drug-likeness (QED) is 0.583. The number of esters is 2. The Hall–Kier alpha value is -1.10. The first-order valence-electron chi connectivity index (χ1n) is 3.53. The number of carbonyl (C=O) groups excluding carboxylic acids is 2. The molecule has 5 heteroatoms. The summed E-state index contributed by atoms with van der Waals surface area (Å²) >= 11 is 0. The monoisotopic (exact) mass is 176 g/mol. The molecule has 0 fully saturated rings. The van der Waals surface area contributed by atoms with Crippen LogP contribution in [0.15, 0.2) is 0 Å². The smallest absolute Gasteiger partial charge is 0.335 e. The largest absolute Gasteiger partial charge is 0.467 e. The highest BCUT2D eigenvalue weighted by atomic mass is 16.5. The fraction of sp³-hybridized carbons (Fsp3) is 0.714. The van der Waals surface area contributed by atoms with Crippen LogP contribution in [0.4, 0.5) is 0 Å². The van der Waals surface area contributed by atoms with Crippen molar-refractivity contribution in [3.63, 3.8) is 0 Å². The van der Waals surface area contributed by atoms with Crippen LogP contribution in [0.5, 0.6) is 0 Å². The Bertz CT molecular complexity index is 165. The van der Waals surface area contributed by atoms with Gasteiger partial charge in [-0.05, 0) is 6.92 Å². The van der Waals surface area contributed by atoms with Crippen LogP contribution in [-0.2, 0) is 19.1 Å². The van der Waals surface area contributed by atoms with E-state index in [2.05, 4.69) is 9.47 Å². The Morgan fingerprint density at radius 2 is 2.08 bits per heavy atom. The second kappa shape index (κ2) is 5.54. The van der Waals surface area contributed by atoms with E-state index >= 15 is 0 Å². The van der Waals surface area contributed by atoms with E-state index in [9.17, 15) is 9.59 Å². The molecule has 0 aliphatic carbocycles. The second-order valence-corrected chi connectivity index (χ2v) is 2.05. The minimum absolute atomic E-state index is 0.229. The molecule has 70 valence electrons. The van der Waals surface area contributed by atoms with Gasteiger partial charge in [-0.1, -0.05) is 0 Å². The maximum absolute atomic E-state index is 10.7. The fourth-order valence-corrected chi connectivity index (χ4v) is 0.597. The molecule has 0 saturated heterocycles. The molecule has 5 nitrogen and oxygen atoms in total. The van der Waals surface area contributed by atoms with Crippen molar-refractivity contribution in [3.8, 4) is 0 Å². The minimum Gasteiger partial charge on any atom is -0.467 e. The molecule has 1 atom stereocenters. The van der Waals surface area contributed by atoms with Crippen LogP contribution >= 0.6 is 0 Å². The van der Waals surface area contributed by atoms with Crippen LogP contribution in [0.25, 0.3) is 0 Å². The molecular formula is C7H12O5. The molecule has 0 radical (unpaired) electrons. The van der Waals surface area contributed by atoms with Gasteiger partial charge in [0.05, 0.1) is 20.1 Å². The van der Waals surface area contributed by atoms with Gasteiger partial charge in [0.15, 0.2) is 6.10 Å². The Morgan fingerprint density at radius 1 is 1.50 bits per heavy atom. The lowest BCUT2D eigenvalue weighted by molar-refractivity contribution is -0.157. The number of rotatable bonds is 4. The number of hydrogen-bond donors (Lipinski definition) is 1. The first-order valence-corrected chi connectivity index (χ1v) is 3.53. The first kappa shape index (κ1) is 10.9. The SMILES string of the molecule is CCOC(=O)CC(O)C(=O)OC. The van der Waals surface area contributed by atoms with Crippen molar-refractivity contribution in [1.29, 1.82) is 0 Å². The van der Waals surface area contributed by atoms with Gasteiger partial charge in [0.1, 0.15) is 0 Å². The molecule has 1 N–H and O–H groups in total. The Balaban J connectivity index is 3.75. The second-order valence-electron chi connectivity index (χ2n) is 2.05. The van der Waals surface area contributed by atoms with E-state index in [0.717, 1.165) is 7.11 Å². The molecule has 0 aromatic carbocycles. The van der Waals surface area contributed by atoms with Crippen molar-refractivity contribution >= 4 is 11.9 Å². The number of aliphatic hydroxyl groups excluding tert-OH is 1. The van der Waals surface area contributed by atoms with E-state index in [1.54, 1.807) is 6.92 Å². The summed E-state index contributed by atoms with van der Waals surface area (Å²) in [6.45, 7) is 1.87. The van der Waals surface area contributed by atoms with Gasteiger partial charge in [-0.25, -0.2) is 4.79 Å². The molecule has 0 amide bonds. The number of methoxy groups -OCH3 is 1. The van der Waals surface area contributed by atoms with Crippen LogP contribution in [0.2, 0.25) is 0 Å². The van der Waals surface area contributed by atoms with Crippen molar-refractivity contribution in [2.45, 2.75) is 19.4 Å². The van der Waals surface area contributed by atoms with Crippen LogP contribution in [0.3, 0.4) is 0 Å². The van der Waals surface area contributed by atoms with Crippen LogP contribution < -0.4 is 0 Å². The zero-order valence-electron chi connectivity index (χ0n) is 7.07. The summed E-state index contributed by atoms with van der Waals surface area (Å²) in [6.07, 6.45) is -1.78. The van der Waals surface area contributed by atoms with Crippen molar-refractivity contribution in [1.82, 2.24) is 0 Å². The van der Waals surface area contributed by atoms with Crippen molar-refractivity contribution in [2.24, 2.45) is 0 Å². The van der Waals surface area contributed by atoms with Gasteiger partial charge in [0.25, 0.3) is 0 Å². The predicted octanol–water partition coefficient (Wildman–Crippen LogP) is -0.527. The van der Waals surface area contributed by atoms with Gasteiger partial charge in [0, 0.05) is 0 Å². The van der Waals surface area contributed by atoms with E-state index in [4.69, 9.17) is 5.11 Å². The molecule has 0 aliphatic rings. The highest BCUT2D eigenvalue weighted by molar-refractivity contribution is 5.81. The summed E-state index contributed by atoms with van der Waals surface area (Å²) in [5.41, 5.74) is 0. The molecule has 1 unspecified atom stereocenters. The van der Waals surface area contributed by atoms with Crippen molar-refractivity contribution < 1.29 is 24.2 Å². The van der Waals surface area contributed by atoms with Gasteiger partial charge in [-0.2, -0.15) is 0 Å². The van der Waals surface area contributed by atoms with E-state index in [1.165, 1.54) is 0 Å². The van der Waals surface area contributed by atoms with Crippen molar-refractivity contribution in [2.75, 3.05) is 13.7 Å². The highest BCUT2D eigenvalue weighted by Gasteiger charge is 2.19. The Kier molecular flexibility index (Phi) is 5.03. The highest BCUT2D eigenvalue weighted by Crippen LogP contribution is 1.96. The third-order valence-corrected chi connectivity index (χ3v) is 1.14.